The Morgan fingerprint density at radius 2 is 2.04 bits per heavy atom. The van der Waals surface area contributed by atoms with E-state index in [1.807, 2.05) is 29.9 Å². The first kappa shape index (κ1) is 19.1. The summed E-state index contributed by atoms with van der Waals surface area (Å²) in [4.78, 5) is 11.5. The van der Waals surface area contributed by atoms with Gasteiger partial charge >= 0.3 is 0 Å². The second kappa shape index (κ2) is 7.64. The van der Waals surface area contributed by atoms with Crippen LogP contribution in [0.3, 0.4) is 0 Å². The zero-order valence-corrected chi connectivity index (χ0v) is 18.2. The Bertz CT molecular complexity index is 962. The van der Waals surface area contributed by atoms with Crippen LogP contribution in [0, 0.1) is 19.8 Å². The fourth-order valence-electron chi connectivity index (χ4n) is 4.04. The van der Waals surface area contributed by atoms with Crippen molar-refractivity contribution in [1.82, 2.24) is 24.8 Å². The Kier molecular flexibility index (Phi) is 5.21. The van der Waals surface area contributed by atoms with Crippen molar-refractivity contribution < 1.29 is 0 Å². The zero-order valence-electron chi connectivity index (χ0n) is 16.6. The van der Waals surface area contributed by atoms with E-state index in [-0.39, 0.29) is 12.1 Å². The van der Waals surface area contributed by atoms with Gasteiger partial charge in [-0.2, -0.15) is 0 Å². The minimum atomic E-state index is 0.0256. The summed E-state index contributed by atoms with van der Waals surface area (Å²) in [7, 11) is 0. The number of hydrogen-bond donors (Lipinski definition) is 1. The third kappa shape index (κ3) is 3.33. The highest BCUT2D eigenvalue weighted by atomic mass is 32.1. The van der Waals surface area contributed by atoms with Crippen molar-refractivity contribution in [2.24, 2.45) is 5.92 Å². The lowest BCUT2D eigenvalue weighted by Gasteiger charge is -2.29. The van der Waals surface area contributed by atoms with Gasteiger partial charge in [0.05, 0.1) is 17.8 Å². The van der Waals surface area contributed by atoms with Crippen LogP contribution in [-0.2, 0) is 0 Å². The molecule has 4 heterocycles. The molecular weight excluding hydrogens is 386 g/mol. The van der Waals surface area contributed by atoms with Crippen molar-refractivity contribution in [3.8, 4) is 5.13 Å². The summed E-state index contributed by atoms with van der Waals surface area (Å²) in [6.45, 7) is 9.68. The van der Waals surface area contributed by atoms with Crippen LogP contribution < -0.4 is 5.32 Å². The predicted octanol–water partition coefficient (Wildman–Crippen LogP) is 4.57. The summed E-state index contributed by atoms with van der Waals surface area (Å²) in [6, 6.07) is 8.47. The molecule has 0 radical (unpaired) electrons. The van der Waals surface area contributed by atoms with Gasteiger partial charge in [0, 0.05) is 35.7 Å². The number of pyridine rings is 1. The van der Waals surface area contributed by atoms with E-state index < -0.39 is 0 Å². The van der Waals surface area contributed by atoms with Gasteiger partial charge in [-0.3, -0.25) is 9.55 Å². The molecule has 0 aliphatic carbocycles. The van der Waals surface area contributed by atoms with Crippen molar-refractivity contribution in [1.29, 1.82) is 0 Å². The second-order valence-electron chi connectivity index (χ2n) is 7.65. The van der Waals surface area contributed by atoms with Crippen LogP contribution in [-0.4, -0.2) is 31.1 Å². The summed E-state index contributed by atoms with van der Waals surface area (Å²) < 4.78 is 2.24. The molecule has 7 heteroatoms. The number of thiocarbonyl (C=S) groups is 1. The lowest BCUT2D eigenvalue weighted by atomic mass is 9.96. The van der Waals surface area contributed by atoms with Gasteiger partial charge in [-0.05, 0) is 55.7 Å². The maximum atomic E-state index is 5.75. The lowest BCUT2D eigenvalue weighted by molar-refractivity contribution is 0.287. The third-order valence-electron chi connectivity index (χ3n) is 5.16. The molecule has 0 bridgehead atoms. The highest BCUT2D eigenvalue weighted by Crippen LogP contribution is 2.41. The molecule has 0 unspecified atom stereocenters. The molecule has 3 aromatic rings. The minimum Gasteiger partial charge on any atom is -0.352 e. The Labute approximate surface area is 175 Å². The van der Waals surface area contributed by atoms with Crippen molar-refractivity contribution in [2.75, 3.05) is 6.54 Å². The van der Waals surface area contributed by atoms with E-state index >= 15 is 0 Å². The van der Waals surface area contributed by atoms with Crippen LogP contribution in [0.4, 0.5) is 0 Å². The summed E-state index contributed by atoms with van der Waals surface area (Å²) in [5.41, 5.74) is 4.68. The molecule has 0 saturated carbocycles. The van der Waals surface area contributed by atoms with Gasteiger partial charge in [0.15, 0.2) is 10.2 Å². The average molecular weight is 412 g/mol. The number of nitrogens with one attached hydrogen (secondary N) is 1. The zero-order chi connectivity index (χ0) is 19.8. The van der Waals surface area contributed by atoms with Crippen molar-refractivity contribution in [2.45, 2.75) is 39.8 Å². The Morgan fingerprint density at radius 1 is 1.21 bits per heavy atom. The molecule has 28 heavy (non-hydrogen) atoms. The molecule has 146 valence electrons. The van der Waals surface area contributed by atoms with Crippen LogP contribution in [0.15, 0.2) is 42.0 Å². The first-order chi connectivity index (χ1) is 13.5. The normalized spacial score (nSPS) is 19.5. The summed E-state index contributed by atoms with van der Waals surface area (Å²) in [5.74, 6) is 0.507. The number of aryl methyl sites for hydroxylation is 1. The highest BCUT2D eigenvalue weighted by molar-refractivity contribution is 7.80. The van der Waals surface area contributed by atoms with Gasteiger partial charge in [-0.1, -0.05) is 19.9 Å². The van der Waals surface area contributed by atoms with E-state index in [0.29, 0.717) is 5.92 Å². The van der Waals surface area contributed by atoms with Crippen LogP contribution in [0.25, 0.3) is 5.13 Å². The van der Waals surface area contributed by atoms with Crippen molar-refractivity contribution in [3.63, 3.8) is 0 Å². The molecule has 1 N–H and O–H groups in total. The number of aromatic nitrogens is 3. The van der Waals surface area contributed by atoms with Crippen LogP contribution >= 0.6 is 23.6 Å². The number of rotatable bonds is 5. The van der Waals surface area contributed by atoms with E-state index in [1.165, 1.54) is 17.0 Å². The van der Waals surface area contributed by atoms with Gasteiger partial charge in [-0.25, -0.2) is 4.98 Å². The van der Waals surface area contributed by atoms with Crippen LogP contribution in [0.1, 0.15) is 48.6 Å². The quantitative estimate of drug-likeness (QED) is 0.623. The largest absolute Gasteiger partial charge is 0.352 e. The number of hydrogen-bond acceptors (Lipinski definition) is 4. The summed E-state index contributed by atoms with van der Waals surface area (Å²) in [5, 5.41) is 7.35. The number of thiazole rings is 1. The second-order valence-corrected chi connectivity index (χ2v) is 8.91. The van der Waals surface area contributed by atoms with Crippen molar-refractivity contribution in [3.05, 3.63) is 64.7 Å². The molecule has 0 spiro atoms. The Balaban J connectivity index is 1.83. The molecular formula is C21H25N5S2. The van der Waals surface area contributed by atoms with Gasteiger partial charge in [-0.15, -0.1) is 11.3 Å². The maximum absolute atomic E-state index is 5.75. The molecule has 4 rings (SSSR count). The molecule has 1 aliphatic rings. The Hall–Kier alpha value is -2.25. The fraction of sp³-hybridized carbons (Fsp3) is 0.381. The van der Waals surface area contributed by atoms with Gasteiger partial charge < -0.3 is 10.2 Å². The highest BCUT2D eigenvalue weighted by Gasteiger charge is 2.41. The average Bonchev–Trinajstić information content (AvgIpc) is 3.35. The molecule has 0 amide bonds. The summed E-state index contributed by atoms with van der Waals surface area (Å²) in [6.07, 6.45) is 3.70. The first-order valence-corrected chi connectivity index (χ1v) is 10.8. The van der Waals surface area contributed by atoms with Gasteiger partial charge in [0.1, 0.15) is 0 Å². The standard InChI is InChI=1S/C21H25N5S2/c1-13(2)12-25-19(18(24-20(25)27)17-7-5-6-8-22-17)16-11-14(3)26(15(16)4)21-23-9-10-28-21/h5-11,13,18-19H,12H2,1-4H3,(H,24,27)/t18-,19-/m0/s1. The van der Waals surface area contributed by atoms with Crippen molar-refractivity contribution >= 4 is 28.7 Å². The molecule has 3 aromatic heterocycles. The van der Waals surface area contributed by atoms with Crippen LogP contribution in [0.2, 0.25) is 0 Å². The summed E-state index contributed by atoms with van der Waals surface area (Å²) >= 11 is 7.40. The fourth-order valence-corrected chi connectivity index (χ4v) is 5.11. The van der Waals surface area contributed by atoms with E-state index in [0.717, 1.165) is 22.5 Å². The molecule has 2 atom stereocenters. The molecule has 1 saturated heterocycles. The first-order valence-electron chi connectivity index (χ1n) is 9.54. The number of nitrogens with zero attached hydrogens (tertiary/aromatic N) is 4. The third-order valence-corrected chi connectivity index (χ3v) is 6.27. The van der Waals surface area contributed by atoms with E-state index in [9.17, 15) is 0 Å². The smallest absolute Gasteiger partial charge is 0.193 e. The van der Waals surface area contributed by atoms with E-state index in [4.69, 9.17) is 12.2 Å². The molecule has 5 nitrogen and oxygen atoms in total. The monoisotopic (exact) mass is 411 g/mol. The topological polar surface area (TPSA) is 46.0 Å². The molecule has 0 aromatic carbocycles. The predicted molar refractivity (Wildman–Crippen MR) is 118 cm³/mol. The maximum Gasteiger partial charge on any atom is 0.193 e. The van der Waals surface area contributed by atoms with Crippen LogP contribution in [0.5, 0.6) is 0 Å². The molecule has 1 aliphatic heterocycles. The SMILES string of the molecule is Cc1cc([C@H]2[C@H](c3ccccn3)NC(=S)N2CC(C)C)c(C)n1-c1nccs1. The van der Waals surface area contributed by atoms with E-state index in [2.05, 4.69) is 64.6 Å². The van der Waals surface area contributed by atoms with Gasteiger partial charge in [0.25, 0.3) is 0 Å². The minimum absolute atomic E-state index is 0.0256. The molecule has 1 fully saturated rings. The van der Waals surface area contributed by atoms with Gasteiger partial charge in [0.2, 0.25) is 0 Å². The Morgan fingerprint density at radius 3 is 2.68 bits per heavy atom. The lowest BCUT2D eigenvalue weighted by Crippen LogP contribution is -2.33. The van der Waals surface area contributed by atoms with E-state index in [1.54, 1.807) is 11.3 Å².